The lowest BCUT2D eigenvalue weighted by Crippen LogP contribution is -2.41. The predicted octanol–water partition coefficient (Wildman–Crippen LogP) is 3.64. The van der Waals surface area contributed by atoms with E-state index >= 15 is 0 Å². The zero-order valence-electron chi connectivity index (χ0n) is 19.4. The molecule has 0 saturated carbocycles. The molecule has 0 amide bonds. The van der Waals surface area contributed by atoms with Crippen LogP contribution < -0.4 is 14.8 Å². The molecular formula is C26H29ClN2O6. The van der Waals surface area contributed by atoms with Crippen molar-refractivity contribution in [1.29, 1.82) is 0 Å². The molecule has 0 bridgehead atoms. The Bertz CT molecular complexity index is 1080. The lowest BCUT2D eigenvalue weighted by atomic mass is 10.1. The summed E-state index contributed by atoms with van der Waals surface area (Å²) in [6.07, 6.45) is 1.32. The summed E-state index contributed by atoms with van der Waals surface area (Å²) in [5, 5.41) is 23.7. The fourth-order valence-electron chi connectivity index (χ4n) is 3.24. The second-order valence-corrected chi connectivity index (χ2v) is 8.17. The molecule has 2 aromatic carbocycles. The van der Waals surface area contributed by atoms with Crippen LogP contribution in [0.25, 0.3) is 0 Å². The molecule has 0 aliphatic rings. The van der Waals surface area contributed by atoms with Crippen LogP contribution >= 0.6 is 11.6 Å². The molecule has 8 nitrogen and oxygen atoms in total. The number of ether oxygens (including phenoxy) is 3. The van der Waals surface area contributed by atoms with Crippen LogP contribution in [-0.2, 0) is 11.2 Å². The summed E-state index contributed by atoms with van der Waals surface area (Å²) in [5.74, 6) is 0.768. The van der Waals surface area contributed by atoms with Crippen molar-refractivity contribution >= 4 is 17.6 Å². The molecule has 2 atom stereocenters. The predicted molar refractivity (Wildman–Crippen MR) is 132 cm³/mol. The van der Waals surface area contributed by atoms with Crippen molar-refractivity contribution in [3.8, 4) is 17.4 Å². The Labute approximate surface area is 209 Å². The molecule has 1 aromatic heterocycles. The molecule has 1 heterocycles. The highest BCUT2D eigenvalue weighted by Crippen LogP contribution is 2.24. The largest absolute Gasteiger partial charge is 0.491 e. The summed E-state index contributed by atoms with van der Waals surface area (Å²) in [5.41, 5.74) is 1.21. The van der Waals surface area contributed by atoms with Crippen LogP contribution in [0.3, 0.4) is 0 Å². The number of nitrogens with one attached hydrogen (secondary N) is 1. The van der Waals surface area contributed by atoms with Gasteiger partial charge in [0.2, 0.25) is 5.88 Å². The average Bonchev–Trinajstić information content (AvgIpc) is 2.87. The topological polar surface area (TPSA) is 110 Å². The van der Waals surface area contributed by atoms with Gasteiger partial charge in [-0.1, -0.05) is 29.8 Å². The zero-order chi connectivity index (χ0) is 25.0. The van der Waals surface area contributed by atoms with Crippen molar-refractivity contribution in [2.24, 2.45) is 0 Å². The molecule has 186 valence electrons. The van der Waals surface area contributed by atoms with Gasteiger partial charge < -0.3 is 29.7 Å². The Kier molecular flexibility index (Phi) is 10.3. The quantitative estimate of drug-likeness (QED) is 0.305. The lowest BCUT2D eigenvalue weighted by Gasteiger charge is -2.19. The van der Waals surface area contributed by atoms with E-state index in [2.05, 4.69) is 10.3 Å². The average molecular weight is 501 g/mol. The number of halogens is 1. The first-order valence-corrected chi connectivity index (χ1v) is 11.7. The van der Waals surface area contributed by atoms with Crippen molar-refractivity contribution in [2.75, 3.05) is 26.4 Å². The summed E-state index contributed by atoms with van der Waals surface area (Å²) in [4.78, 5) is 16.2. The Morgan fingerprint density at radius 3 is 2.63 bits per heavy atom. The zero-order valence-corrected chi connectivity index (χ0v) is 20.1. The maximum atomic E-state index is 12.1. The third-order valence-corrected chi connectivity index (χ3v) is 5.22. The molecular weight excluding hydrogens is 472 g/mol. The molecule has 3 aromatic rings. The van der Waals surface area contributed by atoms with Crippen LogP contribution in [0.2, 0.25) is 5.02 Å². The first-order chi connectivity index (χ1) is 17.0. The molecule has 0 radical (unpaired) electrons. The fourth-order valence-corrected chi connectivity index (χ4v) is 3.42. The summed E-state index contributed by atoms with van der Waals surface area (Å²) < 4.78 is 16.4. The first-order valence-electron chi connectivity index (χ1n) is 11.3. The van der Waals surface area contributed by atoms with Crippen molar-refractivity contribution < 1.29 is 29.2 Å². The van der Waals surface area contributed by atoms with E-state index < -0.39 is 12.1 Å². The SMILES string of the molecule is CCOC(=O)c1cccnc1Oc1ccc(CC(CO)NCC(O)COc2cccc(Cl)c2)cc1. The first kappa shape index (κ1) is 26.4. The van der Waals surface area contributed by atoms with Gasteiger partial charge in [-0.25, -0.2) is 9.78 Å². The number of carbonyl (C=O) groups excluding carboxylic acids is 1. The number of carbonyl (C=O) groups is 1. The molecule has 3 rings (SSSR count). The molecule has 2 unspecified atom stereocenters. The highest BCUT2D eigenvalue weighted by molar-refractivity contribution is 6.30. The smallest absolute Gasteiger partial charge is 0.343 e. The van der Waals surface area contributed by atoms with Crippen molar-refractivity contribution in [2.45, 2.75) is 25.5 Å². The summed E-state index contributed by atoms with van der Waals surface area (Å²) in [6.45, 7) is 2.24. The van der Waals surface area contributed by atoms with Crippen molar-refractivity contribution in [3.63, 3.8) is 0 Å². The summed E-state index contributed by atoms with van der Waals surface area (Å²) >= 11 is 5.93. The highest BCUT2D eigenvalue weighted by atomic mass is 35.5. The maximum absolute atomic E-state index is 12.1. The van der Waals surface area contributed by atoms with Gasteiger partial charge in [-0.15, -0.1) is 0 Å². The van der Waals surface area contributed by atoms with Gasteiger partial charge in [-0.3, -0.25) is 0 Å². The van der Waals surface area contributed by atoms with Crippen LogP contribution in [0.1, 0.15) is 22.8 Å². The van der Waals surface area contributed by atoms with Crippen LogP contribution in [0.5, 0.6) is 17.4 Å². The summed E-state index contributed by atoms with van der Waals surface area (Å²) in [7, 11) is 0. The van der Waals surface area contributed by atoms with Crippen LogP contribution in [0.4, 0.5) is 0 Å². The monoisotopic (exact) mass is 500 g/mol. The third-order valence-electron chi connectivity index (χ3n) is 4.99. The number of pyridine rings is 1. The van der Waals surface area contributed by atoms with Gasteiger partial charge in [-0.2, -0.15) is 0 Å². The Hall–Kier alpha value is -3.17. The van der Waals surface area contributed by atoms with Gasteiger partial charge in [0.05, 0.1) is 13.2 Å². The molecule has 0 aliphatic heterocycles. The van der Waals surface area contributed by atoms with E-state index in [0.717, 1.165) is 5.56 Å². The van der Waals surface area contributed by atoms with Crippen molar-refractivity contribution in [3.05, 3.63) is 83.0 Å². The van der Waals surface area contributed by atoms with E-state index in [1.54, 1.807) is 61.7 Å². The number of nitrogens with zero attached hydrogens (tertiary/aromatic N) is 1. The van der Waals surface area contributed by atoms with Gasteiger partial charge >= 0.3 is 5.97 Å². The van der Waals surface area contributed by atoms with Gasteiger partial charge in [0.15, 0.2) is 0 Å². The van der Waals surface area contributed by atoms with Gasteiger partial charge in [0.1, 0.15) is 29.8 Å². The normalized spacial score (nSPS) is 12.6. The molecule has 0 fully saturated rings. The van der Waals surface area contributed by atoms with E-state index in [4.69, 9.17) is 25.8 Å². The Balaban J connectivity index is 1.49. The standard InChI is InChI=1S/C26H29ClN2O6/c1-2-33-26(32)24-7-4-12-28-25(24)35-22-10-8-18(9-11-22)13-20(16-30)29-15-21(31)17-34-23-6-3-5-19(27)14-23/h3-12,14,20-21,29-31H,2,13,15-17H2,1H3. The molecule has 3 N–H and O–H groups in total. The Morgan fingerprint density at radius 2 is 1.91 bits per heavy atom. The minimum atomic E-state index is -0.759. The fraction of sp³-hybridized carbons (Fsp3) is 0.308. The molecule has 0 spiro atoms. The van der Waals surface area contributed by atoms with Crippen LogP contribution in [0.15, 0.2) is 66.9 Å². The number of hydrogen-bond donors (Lipinski definition) is 3. The minimum absolute atomic E-state index is 0.0961. The highest BCUT2D eigenvalue weighted by Gasteiger charge is 2.16. The second kappa shape index (κ2) is 13.7. The second-order valence-electron chi connectivity index (χ2n) is 7.74. The molecule has 35 heavy (non-hydrogen) atoms. The Morgan fingerprint density at radius 1 is 1.11 bits per heavy atom. The number of benzene rings is 2. The van der Waals surface area contributed by atoms with Crippen LogP contribution in [0, 0.1) is 0 Å². The number of aliphatic hydroxyl groups excluding tert-OH is 2. The maximum Gasteiger partial charge on any atom is 0.343 e. The van der Waals surface area contributed by atoms with Gasteiger partial charge in [0.25, 0.3) is 0 Å². The van der Waals surface area contributed by atoms with Gasteiger partial charge in [-0.05, 0) is 61.4 Å². The van der Waals surface area contributed by atoms with Crippen molar-refractivity contribution in [1.82, 2.24) is 10.3 Å². The van der Waals surface area contributed by atoms with E-state index in [9.17, 15) is 15.0 Å². The number of aromatic nitrogens is 1. The van der Waals surface area contributed by atoms with E-state index in [0.29, 0.717) is 22.9 Å². The number of hydrogen-bond acceptors (Lipinski definition) is 8. The molecule has 0 aliphatic carbocycles. The van der Waals surface area contributed by atoms with E-state index in [1.165, 1.54) is 0 Å². The number of rotatable bonds is 13. The number of aliphatic hydroxyl groups is 2. The van der Waals surface area contributed by atoms with E-state index in [-0.39, 0.29) is 43.9 Å². The van der Waals surface area contributed by atoms with Crippen LogP contribution in [-0.4, -0.2) is 59.7 Å². The van der Waals surface area contributed by atoms with Gasteiger partial charge in [0, 0.05) is 23.8 Å². The summed E-state index contributed by atoms with van der Waals surface area (Å²) in [6, 6.07) is 17.2. The molecule has 0 saturated heterocycles. The third kappa shape index (κ3) is 8.52. The van der Waals surface area contributed by atoms with E-state index in [1.807, 2.05) is 12.1 Å². The minimum Gasteiger partial charge on any atom is -0.491 e. The number of esters is 1. The lowest BCUT2D eigenvalue weighted by molar-refractivity contribution is 0.0522. The molecule has 9 heteroatoms.